The number of nitrogens with zero attached hydrogens (tertiary/aromatic N) is 2. The Morgan fingerprint density at radius 3 is 2.67 bits per heavy atom. The van der Waals surface area contributed by atoms with Crippen LogP contribution in [0.15, 0.2) is 47.1 Å². The molecule has 5 heteroatoms. The molecule has 0 radical (unpaired) electrons. The zero-order valence-electron chi connectivity index (χ0n) is 14.4. The number of hydrogen-bond donors (Lipinski definition) is 1. The smallest absolute Gasteiger partial charge is 0.241 e. The highest BCUT2D eigenvalue weighted by molar-refractivity contribution is 5.94. The van der Waals surface area contributed by atoms with Gasteiger partial charge in [0.2, 0.25) is 5.91 Å². The van der Waals surface area contributed by atoms with Gasteiger partial charge in [-0.15, -0.1) is 0 Å². The second kappa shape index (κ2) is 7.64. The second-order valence-corrected chi connectivity index (χ2v) is 6.43. The van der Waals surface area contributed by atoms with Crippen LogP contribution in [0, 0.1) is 6.92 Å². The molecule has 1 aromatic heterocycles. The topological polar surface area (TPSA) is 48.7 Å². The van der Waals surface area contributed by atoms with E-state index in [4.69, 9.17) is 4.42 Å². The quantitative estimate of drug-likeness (QED) is 0.917. The van der Waals surface area contributed by atoms with E-state index in [0.29, 0.717) is 0 Å². The van der Waals surface area contributed by atoms with Gasteiger partial charge in [-0.1, -0.05) is 12.1 Å². The van der Waals surface area contributed by atoms with Crippen LogP contribution in [0.1, 0.15) is 18.2 Å². The summed E-state index contributed by atoms with van der Waals surface area (Å²) in [7, 11) is 0. The summed E-state index contributed by atoms with van der Waals surface area (Å²) in [5.41, 5.74) is 2.01. The minimum absolute atomic E-state index is 0.0556. The third kappa shape index (κ3) is 4.24. The molecule has 1 saturated heterocycles. The number of aryl methyl sites for hydroxylation is 1. The van der Waals surface area contributed by atoms with Gasteiger partial charge in [0, 0.05) is 31.9 Å². The molecular weight excluding hydrogens is 302 g/mol. The first-order chi connectivity index (χ1) is 11.6. The zero-order chi connectivity index (χ0) is 16.9. The van der Waals surface area contributed by atoms with Crippen molar-refractivity contribution in [1.29, 1.82) is 0 Å². The Balaban J connectivity index is 1.49. The summed E-state index contributed by atoms with van der Waals surface area (Å²) >= 11 is 0. The van der Waals surface area contributed by atoms with Crippen LogP contribution in [-0.4, -0.2) is 47.9 Å². The Labute approximate surface area is 143 Å². The van der Waals surface area contributed by atoms with E-state index in [9.17, 15) is 4.79 Å². The van der Waals surface area contributed by atoms with Gasteiger partial charge in [-0.3, -0.25) is 14.6 Å². The number of amides is 1. The van der Waals surface area contributed by atoms with Crippen LogP contribution >= 0.6 is 0 Å². The number of carbonyl (C=O) groups excluding carboxylic acids is 1. The summed E-state index contributed by atoms with van der Waals surface area (Å²) in [5.74, 6) is 1.05. The number of anilines is 1. The number of rotatable bonds is 5. The molecular formula is C19H25N3O2. The Hall–Kier alpha value is -2.11. The molecule has 1 aliphatic heterocycles. The first kappa shape index (κ1) is 16.7. The van der Waals surface area contributed by atoms with Gasteiger partial charge in [-0.2, -0.15) is 0 Å². The molecule has 1 atom stereocenters. The van der Waals surface area contributed by atoms with E-state index in [1.165, 1.54) is 0 Å². The van der Waals surface area contributed by atoms with Crippen LogP contribution in [-0.2, 0) is 11.3 Å². The molecule has 24 heavy (non-hydrogen) atoms. The molecule has 1 aliphatic rings. The minimum atomic E-state index is -0.128. The van der Waals surface area contributed by atoms with Crippen LogP contribution in [0.25, 0.3) is 0 Å². The number of benzene rings is 1. The number of hydrogen-bond acceptors (Lipinski definition) is 4. The first-order valence-corrected chi connectivity index (χ1v) is 8.48. The molecule has 5 nitrogen and oxygen atoms in total. The second-order valence-electron chi connectivity index (χ2n) is 6.43. The molecule has 1 fully saturated rings. The van der Waals surface area contributed by atoms with Crippen molar-refractivity contribution in [3.63, 3.8) is 0 Å². The molecule has 0 spiro atoms. The van der Waals surface area contributed by atoms with E-state index >= 15 is 0 Å². The molecule has 0 saturated carbocycles. The van der Waals surface area contributed by atoms with Gasteiger partial charge in [-0.25, -0.2) is 0 Å². The molecule has 1 aromatic carbocycles. The van der Waals surface area contributed by atoms with Crippen molar-refractivity contribution in [2.45, 2.75) is 26.4 Å². The lowest BCUT2D eigenvalue weighted by atomic mass is 10.2. The van der Waals surface area contributed by atoms with Crippen LogP contribution in [0.2, 0.25) is 0 Å². The maximum Gasteiger partial charge on any atom is 0.241 e. The van der Waals surface area contributed by atoms with Crippen molar-refractivity contribution >= 4 is 11.6 Å². The third-order valence-corrected chi connectivity index (χ3v) is 4.58. The van der Waals surface area contributed by atoms with Gasteiger partial charge in [0.05, 0.1) is 18.8 Å². The predicted molar refractivity (Wildman–Crippen MR) is 94.8 cm³/mol. The van der Waals surface area contributed by atoms with Crippen molar-refractivity contribution in [2.75, 3.05) is 31.5 Å². The van der Waals surface area contributed by atoms with Gasteiger partial charge in [0.25, 0.3) is 0 Å². The number of piperazine rings is 1. The summed E-state index contributed by atoms with van der Waals surface area (Å²) in [5, 5.41) is 3.02. The van der Waals surface area contributed by atoms with Crippen molar-refractivity contribution in [3.8, 4) is 0 Å². The standard InChI is InChI=1S/C19H25N3O2/c1-15-5-3-6-17(13-15)20-19(23)16(2)22-10-8-21(9-11-22)14-18-7-4-12-24-18/h3-7,12-13,16H,8-11,14H2,1-2H3,(H,20,23). The molecule has 2 aromatic rings. The van der Waals surface area contributed by atoms with Gasteiger partial charge in [0.15, 0.2) is 0 Å². The fourth-order valence-corrected chi connectivity index (χ4v) is 3.07. The molecule has 1 unspecified atom stereocenters. The van der Waals surface area contributed by atoms with Crippen LogP contribution in [0.3, 0.4) is 0 Å². The van der Waals surface area contributed by atoms with Crippen LogP contribution in [0.4, 0.5) is 5.69 Å². The highest BCUT2D eigenvalue weighted by atomic mass is 16.3. The number of carbonyl (C=O) groups is 1. The Bertz CT molecular complexity index is 661. The van der Waals surface area contributed by atoms with E-state index in [1.807, 2.05) is 50.2 Å². The molecule has 0 bridgehead atoms. The minimum Gasteiger partial charge on any atom is -0.468 e. The summed E-state index contributed by atoms with van der Waals surface area (Å²) in [6, 6.07) is 11.7. The molecule has 2 heterocycles. The largest absolute Gasteiger partial charge is 0.468 e. The fraction of sp³-hybridized carbons (Fsp3) is 0.421. The lowest BCUT2D eigenvalue weighted by Gasteiger charge is -2.37. The Morgan fingerprint density at radius 1 is 1.21 bits per heavy atom. The molecule has 128 valence electrons. The van der Waals surface area contributed by atoms with Crippen molar-refractivity contribution in [3.05, 3.63) is 54.0 Å². The Kier molecular flexibility index (Phi) is 5.33. The monoisotopic (exact) mass is 327 g/mol. The fourth-order valence-electron chi connectivity index (χ4n) is 3.07. The summed E-state index contributed by atoms with van der Waals surface area (Å²) in [6.45, 7) is 8.52. The SMILES string of the molecule is Cc1cccc(NC(=O)C(C)N2CCN(Cc3ccco3)CC2)c1. The van der Waals surface area contributed by atoms with Gasteiger partial charge >= 0.3 is 0 Å². The number of nitrogens with one attached hydrogen (secondary N) is 1. The lowest BCUT2D eigenvalue weighted by Crippen LogP contribution is -2.52. The average Bonchev–Trinajstić information content (AvgIpc) is 3.08. The van der Waals surface area contributed by atoms with E-state index < -0.39 is 0 Å². The predicted octanol–water partition coefficient (Wildman–Crippen LogP) is 2.73. The molecule has 1 amide bonds. The van der Waals surface area contributed by atoms with Crippen LogP contribution < -0.4 is 5.32 Å². The summed E-state index contributed by atoms with van der Waals surface area (Å²) < 4.78 is 5.41. The summed E-state index contributed by atoms with van der Waals surface area (Å²) in [6.07, 6.45) is 1.71. The number of furan rings is 1. The van der Waals surface area contributed by atoms with E-state index in [2.05, 4.69) is 15.1 Å². The molecule has 1 N–H and O–H groups in total. The average molecular weight is 327 g/mol. The van der Waals surface area contributed by atoms with Crippen molar-refractivity contribution in [1.82, 2.24) is 9.80 Å². The first-order valence-electron chi connectivity index (χ1n) is 8.48. The Morgan fingerprint density at radius 2 is 2.00 bits per heavy atom. The molecule has 0 aliphatic carbocycles. The zero-order valence-corrected chi connectivity index (χ0v) is 14.4. The lowest BCUT2D eigenvalue weighted by molar-refractivity contribution is -0.121. The highest BCUT2D eigenvalue weighted by Crippen LogP contribution is 2.14. The van der Waals surface area contributed by atoms with E-state index in [0.717, 1.165) is 49.7 Å². The van der Waals surface area contributed by atoms with E-state index in [1.54, 1.807) is 6.26 Å². The summed E-state index contributed by atoms with van der Waals surface area (Å²) in [4.78, 5) is 17.1. The molecule has 3 rings (SSSR count). The van der Waals surface area contributed by atoms with Crippen molar-refractivity contribution in [2.24, 2.45) is 0 Å². The van der Waals surface area contributed by atoms with Gasteiger partial charge in [0.1, 0.15) is 5.76 Å². The third-order valence-electron chi connectivity index (χ3n) is 4.58. The van der Waals surface area contributed by atoms with Crippen molar-refractivity contribution < 1.29 is 9.21 Å². The van der Waals surface area contributed by atoms with Gasteiger partial charge < -0.3 is 9.73 Å². The van der Waals surface area contributed by atoms with E-state index in [-0.39, 0.29) is 11.9 Å². The normalized spacial score (nSPS) is 17.6. The van der Waals surface area contributed by atoms with Crippen LogP contribution in [0.5, 0.6) is 0 Å². The van der Waals surface area contributed by atoms with Gasteiger partial charge in [-0.05, 0) is 43.7 Å². The maximum absolute atomic E-state index is 12.5. The maximum atomic E-state index is 12.5. The highest BCUT2D eigenvalue weighted by Gasteiger charge is 2.25.